The molecule has 5 nitrogen and oxygen atoms in total. The van der Waals surface area contributed by atoms with Gasteiger partial charge in [0.1, 0.15) is 5.54 Å². The highest BCUT2D eigenvalue weighted by Gasteiger charge is 2.42. The summed E-state index contributed by atoms with van der Waals surface area (Å²) in [7, 11) is 3.60. The van der Waals surface area contributed by atoms with Crippen LogP contribution < -0.4 is 5.32 Å². The quantitative estimate of drug-likeness (QED) is 0.723. The fraction of sp³-hybridized carbons (Fsp3) is 0.938. The Morgan fingerprint density at radius 1 is 1.48 bits per heavy atom. The van der Waals surface area contributed by atoms with E-state index in [1.54, 1.807) is 0 Å². The number of methoxy groups -OCH3 is 1. The predicted molar refractivity (Wildman–Crippen MR) is 82.2 cm³/mol. The number of carbonyl (C=O) groups excluding carboxylic acids is 1. The van der Waals surface area contributed by atoms with E-state index in [-0.39, 0.29) is 18.1 Å². The standard InChI is InChI=1S/C16H30N2O3/c1-11(18(4)14-8-9-21-12(14)2)10-16(3,15(19)20-5)17-13-6-7-13/h11-14,17H,6-10H2,1-5H3. The number of rotatable bonds is 7. The van der Waals surface area contributed by atoms with Crippen LogP contribution in [0.2, 0.25) is 0 Å². The average Bonchev–Trinajstić information content (AvgIpc) is 3.15. The molecule has 2 rings (SSSR count). The van der Waals surface area contributed by atoms with Gasteiger partial charge in [-0.1, -0.05) is 0 Å². The van der Waals surface area contributed by atoms with Crippen molar-refractivity contribution in [1.82, 2.24) is 10.2 Å². The molecule has 1 aliphatic heterocycles. The first-order valence-corrected chi connectivity index (χ1v) is 8.07. The lowest BCUT2D eigenvalue weighted by Crippen LogP contribution is -2.55. The van der Waals surface area contributed by atoms with E-state index in [4.69, 9.17) is 9.47 Å². The van der Waals surface area contributed by atoms with Crippen LogP contribution in [0, 0.1) is 0 Å². The van der Waals surface area contributed by atoms with E-state index in [0.29, 0.717) is 12.1 Å². The van der Waals surface area contributed by atoms with Crippen LogP contribution >= 0.6 is 0 Å². The van der Waals surface area contributed by atoms with Crippen LogP contribution in [-0.4, -0.2) is 61.4 Å². The predicted octanol–water partition coefficient (Wildman–Crippen LogP) is 1.56. The van der Waals surface area contributed by atoms with Crippen LogP contribution in [0.25, 0.3) is 0 Å². The molecule has 1 saturated carbocycles. The van der Waals surface area contributed by atoms with E-state index in [9.17, 15) is 4.79 Å². The van der Waals surface area contributed by atoms with Crippen molar-refractivity contribution in [3.8, 4) is 0 Å². The number of hydrogen-bond donors (Lipinski definition) is 1. The van der Waals surface area contributed by atoms with Crippen molar-refractivity contribution in [1.29, 1.82) is 0 Å². The highest BCUT2D eigenvalue weighted by atomic mass is 16.5. The van der Waals surface area contributed by atoms with Gasteiger partial charge in [-0.3, -0.25) is 15.0 Å². The summed E-state index contributed by atoms with van der Waals surface area (Å²) < 4.78 is 10.7. The minimum Gasteiger partial charge on any atom is -0.468 e. The first-order chi connectivity index (χ1) is 9.87. The molecule has 0 aromatic carbocycles. The number of ether oxygens (including phenoxy) is 2. The highest BCUT2D eigenvalue weighted by Crippen LogP contribution is 2.28. The van der Waals surface area contributed by atoms with Gasteiger partial charge in [0.2, 0.25) is 0 Å². The Morgan fingerprint density at radius 3 is 2.62 bits per heavy atom. The second-order valence-electron chi connectivity index (χ2n) is 6.89. The molecule has 1 saturated heterocycles. The number of carbonyl (C=O) groups is 1. The average molecular weight is 298 g/mol. The Balaban J connectivity index is 1.99. The van der Waals surface area contributed by atoms with Crippen molar-refractivity contribution >= 4 is 5.97 Å². The van der Waals surface area contributed by atoms with E-state index in [2.05, 4.69) is 31.1 Å². The van der Waals surface area contributed by atoms with Crippen molar-refractivity contribution in [2.24, 2.45) is 0 Å². The van der Waals surface area contributed by atoms with Gasteiger partial charge in [0.05, 0.1) is 13.2 Å². The maximum absolute atomic E-state index is 12.2. The minimum absolute atomic E-state index is 0.162. The molecule has 0 spiro atoms. The molecule has 0 aromatic rings. The molecule has 0 aromatic heterocycles. The van der Waals surface area contributed by atoms with Gasteiger partial charge < -0.3 is 9.47 Å². The highest BCUT2D eigenvalue weighted by molar-refractivity contribution is 5.80. The van der Waals surface area contributed by atoms with E-state index in [0.717, 1.165) is 32.3 Å². The van der Waals surface area contributed by atoms with Crippen molar-refractivity contribution in [3.63, 3.8) is 0 Å². The molecule has 2 fully saturated rings. The molecule has 5 heteroatoms. The van der Waals surface area contributed by atoms with E-state index in [1.165, 1.54) is 7.11 Å². The fourth-order valence-electron chi connectivity index (χ4n) is 3.42. The lowest BCUT2D eigenvalue weighted by atomic mass is 9.91. The molecule has 21 heavy (non-hydrogen) atoms. The van der Waals surface area contributed by atoms with Crippen LogP contribution in [0.1, 0.15) is 46.5 Å². The Kier molecular flexibility index (Phi) is 5.28. The summed E-state index contributed by atoms with van der Waals surface area (Å²) in [5.74, 6) is -0.162. The third-order valence-electron chi connectivity index (χ3n) is 4.99. The maximum atomic E-state index is 12.2. The molecule has 4 atom stereocenters. The van der Waals surface area contributed by atoms with Crippen LogP contribution in [-0.2, 0) is 14.3 Å². The van der Waals surface area contributed by atoms with Crippen molar-refractivity contribution in [2.45, 2.75) is 76.2 Å². The zero-order valence-corrected chi connectivity index (χ0v) is 14.0. The first-order valence-electron chi connectivity index (χ1n) is 8.07. The number of likely N-dealkylation sites (N-methyl/N-ethyl adjacent to an activating group) is 1. The minimum atomic E-state index is -0.605. The van der Waals surface area contributed by atoms with Gasteiger partial charge in [-0.15, -0.1) is 0 Å². The largest absolute Gasteiger partial charge is 0.468 e. The van der Waals surface area contributed by atoms with Crippen LogP contribution in [0.4, 0.5) is 0 Å². The van der Waals surface area contributed by atoms with Gasteiger partial charge in [0.25, 0.3) is 0 Å². The molecule has 0 amide bonds. The van der Waals surface area contributed by atoms with Crippen LogP contribution in [0.5, 0.6) is 0 Å². The van der Waals surface area contributed by atoms with Gasteiger partial charge >= 0.3 is 5.97 Å². The molecular weight excluding hydrogens is 268 g/mol. The zero-order valence-electron chi connectivity index (χ0n) is 14.0. The van der Waals surface area contributed by atoms with E-state index in [1.807, 2.05) is 6.92 Å². The summed E-state index contributed by atoms with van der Waals surface area (Å²) in [5.41, 5.74) is -0.605. The third kappa shape index (κ3) is 3.96. The van der Waals surface area contributed by atoms with Crippen molar-refractivity contribution in [3.05, 3.63) is 0 Å². The van der Waals surface area contributed by atoms with E-state index >= 15 is 0 Å². The lowest BCUT2D eigenvalue weighted by molar-refractivity contribution is -0.149. The molecule has 0 bridgehead atoms. The summed E-state index contributed by atoms with van der Waals surface area (Å²) in [6.45, 7) is 7.11. The van der Waals surface area contributed by atoms with E-state index < -0.39 is 5.54 Å². The van der Waals surface area contributed by atoms with Gasteiger partial charge in [-0.25, -0.2) is 0 Å². The Hall–Kier alpha value is -0.650. The second-order valence-corrected chi connectivity index (χ2v) is 6.89. The Morgan fingerprint density at radius 2 is 2.14 bits per heavy atom. The monoisotopic (exact) mass is 298 g/mol. The summed E-state index contributed by atoms with van der Waals surface area (Å²) in [6, 6.07) is 1.19. The van der Waals surface area contributed by atoms with Gasteiger partial charge in [0, 0.05) is 24.7 Å². The summed E-state index contributed by atoms with van der Waals surface area (Å²) >= 11 is 0. The Bertz CT molecular complexity index is 373. The normalized spacial score (nSPS) is 30.2. The topological polar surface area (TPSA) is 50.8 Å². The molecule has 1 heterocycles. The Labute approximate surface area is 128 Å². The van der Waals surface area contributed by atoms with Crippen LogP contribution in [0.3, 0.4) is 0 Å². The molecule has 1 aliphatic carbocycles. The molecule has 2 aliphatic rings. The second kappa shape index (κ2) is 6.63. The van der Waals surface area contributed by atoms with Gasteiger partial charge in [-0.2, -0.15) is 0 Å². The SMILES string of the molecule is COC(=O)C(C)(CC(C)N(C)C1CCOC1C)NC1CC1. The molecular formula is C16H30N2O3. The number of hydrogen-bond acceptors (Lipinski definition) is 5. The van der Waals surface area contributed by atoms with Crippen LogP contribution in [0.15, 0.2) is 0 Å². The molecule has 4 unspecified atom stereocenters. The lowest BCUT2D eigenvalue weighted by Gasteiger charge is -2.37. The summed E-state index contributed by atoms with van der Waals surface area (Å²) in [4.78, 5) is 14.6. The van der Waals surface area contributed by atoms with Gasteiger partial charge in [0.15, 0.2) is 0 Å². The molecule has 122 valence electrons. The number of nitrogens with zero attached hydrogens (tertiary/aromatic N) is 1. The number of nitrogens with one attached hydrogen (secondary N) is 1. The first kappa shape index (κ1) is 16.7. The number of esters is 1. The smallest absolute Gasteiger partial charge is 0.325 e. The third-order valence-corrected chi connectivity index (χ3v) is 4.99. The summed E-state index contributed by atoms with van der Waals surface area (Å²) in [6.07, 6.45) is 4.38. The molecule has 0 radical (unpaired) electrons. The zero-order chi connectivity index (χ0) is 15.6. The molecule has 1 N–H and O–H groups in total. The fourth-order valence-corrected chi connectivity index (χ4v) is 3.42. The summed E-state index contributed by atoms with van der Waals surface area (Å²) in [5, 5.41) is 3.47. The maximum Gasteiger partial charge on any atom is 0.325 e. The van der Waals surface area contributed by atoms with Crippen molar-refractivity contribution < 1.29 is 14.3 Å². The van der Waals surface area contributed by atoms with Crippen molar-refractivity contribution in [2.75, 3.05) is 20.8 Å². The van der Waals surface area contributed by atoms with Gasteiger partial charge in [-0.05, 0) is 53.5 Å².